The van der Waals surface area contributed by atoms with Gasteiger partial charge in [0, 0.05) is 16.3 Å². The summed E-state index contributed by atoms with van der Waals surface area (Å²) in [6.07, 6.45) is -0.0362. The maximum atomic E-state index is 12.9. The van der Waals surface area contributed by atoms with Crippen LogP contribution in [-0.2, 0) is 11.2 Å². The number of hydrogen-bond acceptors (Lipinski definition) is 3. The maximum Gasteiger partial charge on any atom is 0.295 e. The van der Waals surface area contributed by atoms with E-state index in [4.69, 9.17) is 5.73 Å². The summed E-state index contributed by atoms with van der Waals surface area (Å²) in [5, 5.41) is 5.93. The van der Waals surface area contributed by atoms with Gasteiger partial charge in [-0.25, -0.2) is 0 Å². The molecule has 0 bridgehead atoms. The SMILES string of the molecule is NC(=O)Cc1nn(-c2ccccc2)c(=O)c2[nH]c3ccccc3c12. The van der Waals surface area contributed by atoms with Gasteiger partial charge in [0.05, 0.1) is 17.8 Å². The highest BCUT2D eigenvalue weighted by molar-refractivity contribution is 6.08. The molecule has 0 atom stereocenters. The van der Waals surface area contributed by atoms with Crippen molar-refractivity contribution in [2.45, 2.75) is 6.42 Å². The average molecular weight is 318 g/mol. The minimum atomic E-state index is -0.493. The predicted octanol–water partition coefficient (Wildman–Crippen LogP) is 1.89. The quantitative estimate of drug-likeness (QED) is 0.604. The fourth-order valence-electron chi connectivity index (χ4n) is 2.96. The van der Waals surface area contributed by atoms with Crippen molar-refractivity contribution in [1.29, 1.82) is 0 Å². The zero-order valence-electron chi connectivity index (χ0n) is 12.7. The van der Waals surface area contributed by atoms with Gasteiger partial charge in [0.2, 0.25) is 5.91 Å². The Morgan fingerprint density at radius 3 is 2.54 bits per heavy atom. The van der Waals surface area contributed by atoms with E-state index in [-0.39, 0.29) is 12.0 Å². The van der Waals surface area contributed by atoms with E-state index in [0.717, 1.165) is 10.9 Å². The normalized spacial score (nSPS) is 11.2. The van der Waals surface area contributed by atoms with Crippen LogP contribution in [0.1, 0.15) is 5.69 Å². The van der Waals surface area contributed by atoms with Gasteiger partial charge in [0.1, 0.15) is 5.52 Å². The van der Waals surface area contributed by atoms with Crippen molar-refractivity contribution in [2.24, 2.45) is 5.73 Å². The third-order valence-corrected chi connectivity index (χ3v) is 3.96. The van der Waals surface area contributed by atoms with Crippen LogP contribution in [0.15, 0.2) is 59.4 Å². The molecule has 0 unspecified atom stereocenters. The van der Waals surface area contributed by atoms with Crippen LogP contribution in [-0.4, -0.2) is 20.7 Å². The number of amides is 1. The number of aromatic nitrogens is 3. The number of para-hydroxylation sites is 2. The fourth-order valence-corrected chi connectivity index (χ4v) is 2.96. The van der Waals surface area contributed by atoms with E-state index in [2.05, 4.69) is 10.1 Å². The molecule has 0 saturated heterocycles. The number of benzene rings is 2. The average Bonchev–Trinajstić information content (AvgIpc) is 2.98. The lowest BCUT2D eigenvalue weighted by Crippen LogP contribution is -2.25. The fraction of sp³-hybridized carbons (Fsp3) is 0.0556. The molecule has 0 spiro atoms. The van der Waals surface area contributed by atoms with Crippen molar-refractivity contribution in [2.75, 3.05) is 0 Å². The van der Waals surface area contributed by atoms with Gasteiger partial charge in [0.25, 0.3) is 5.56 Å². The first-order valence-electron chi connectivity index (χ1n) is 7.51. The van der Waals surface area contributed by atoms with Crippen LogP contribution in [0.2, 0.25) is 0 Å². The van der Waals surface area contributed by atoms with E-state index in [1.807, 2.05) is 42.5 Å². The summed E-state index contributed by atoms with van der Waals surface area (Å²) >= 11 is 0. The first-order valence-corrected chi connectivity index (χ1v) is 7.51. The van der Waals surface area contributed by atoms with Crippen molar-refractivity contribution in [3.05, 3.63) is 70.6 Å². The minimum absolute atomic E-state index is 0.0362. The van der Waals surface area contributed by atoms with Gasteiger partial charge >= 0.3 is 0 Å². The van der Waals surface area contributed by atoms with Crippen molar-refractivity contribution in [1.82, 2.24) is 14.8 Å². The Balaban J connectivity index is 2.14. The number of rotatable bonds is 3. The van der Waals surface area contributed by atoms with Gasteiger partial charge in [-0.2, -0.15) is 9.78 Å². The molecule has 3 N–H and O–H groups in total. The summed E-state index contributed by atoms with van der Waals surface area (Å²) < 4.78 is 1.30. The molecule has 0 saturated carbocycles. The minimum Gasteiger partial charge on any atom is -0.369 e. The van der Waals surface area contributed by atoms with Crippen LogP contribution in [0.25, 0.3) is 27.5 Å². The van der Waals surface area contributed by atoms with E-state index < -0.39 is 5.91 Å². The van der Waals surface area contributed by atoms with Crippen LogP contribution in [0.3, 0.4) is 0 Å². The Bertz CT molecular complexity index is 1130. The monoisotopic (exact) mass is 318 g/mol. The van der Waals surface area contributed by atoms with E-state index in [9.17, 15) is 9.59 Å². The first kappa shape index (κ1) is 14.2. The summed E-state index contributed by atoms with van der Waals surface area (Å²) in [7, 11) is 0. The molecule has 0 radical (unpaired) electrons. The Hall–Kier alpha value is -3.41. The standard InChI is InChI=1S/C18H14N4O2/c19-15(23)10-14-16-12-8-4-5-9-13(12)20-17(16)18(24)22(21-14)11-6-2-1-3-7-11/h1-9,20H,10H2,(H2,19,23). The lowest BCUT2D eigenvalue weighted by molar-refractivity contribution is -0.117. The molecule has 4 rings (SSSR count). The highest BCUT2D eigenvalue weighted by Gasteiger charge is 2.17. The molecule has 0 fully saturated rings. The second-order valence-electron chi connectivity index (χ2n) is 5.56. The van der Waals surface area contributed by atoms with E-state index in [1.165, 1.54) is 4.68 Å². The molecular formula is C18H14N4O2. The summed E-state index contributed by atoms with van der Waals surface area (Å²) in [5.74, 6) is -0.493. The number of fused-ring (bicyclic) bond motifs is 3. The Morgan fingerprint density at radius 2 is 1.79 bits per heavy atom. The molecule has 0 aliphatic carbocycles. The van der Waals surface area contributed by atoms with Crippen molar-refractivity contribution in [3.63, 3.8) is 0 Å². The summed E-state index contributed by atoms with van der Waals surface area (Å²) in [6.45, 7) is 0. The highest BCUT2D eigenvalue weighted by atomic mass is 16.1. The van der Waals surface area contributed by atoms with Crippen molar-refractivity contribution >= 4 is 27.7 Å². The van der Waals surface area contributed by atoms with E-state index in [0.29, 0.717) is 22.3 Å². The molecule has 1 amide bonds. The number of carbonyl (C=O) groups is 1. The maximum absolute atomic E-state index is 12.9. The second kappa shape index (κ2) is 5.34. The summed E-state index contributed by atoms with van der Waals surface area (Å²) in [6, 6.07) is 16.6. The number of aromatic amines is 1. The molecule has 118 valence electrons. The number of nitrogens with two attached hydrogens (primary N) is 1. The van der Waals surface area contributed by atoms with Crippen LogP contribution < -0.4 is 11.3 Å². The summed E-state index contributed by atoms with van der Waals surface area (Å²) in [4.78, 5) is 27.5. The lowest BCUT2D eigenvalue weighted by Gasteiger charge is -2.08. The molecule has 2 aromatic carbocycles. The molecule has 2 aromatic heterocycles. The molecular weight excluding hydrogens is 304 g/mol. The van der Waals surface area contributed by atoms with Crippen LogP contribution in [0, 0.1) is 0 Å². The molecule has 4 aromatic rings. The van der Waals surface area contributed by atoms with Gasteiger partial charge < -0.3 is 10.7 Å². The molecule has 6 heteroatoms. The highest BCUT2D eigenvalue weighted by Crippen LogP contribution is 2.26. The zero-order valence-corrected chi connectivity index (χ0v) is 12.7. The van der Waals surface area contributed by atoms with Gasteiger partial charge in [-0.1, -0.05) is 36.4 Å². The molecule has 0 aliphatic rings. The first-order chi connectivity index (χ1) is 11.6. The van der Waals surface area contributed by atoms with Gasteiger partial charge in [-0.15, -0.1) is 0 Å². The Kier molecular flexibility index (Phi) is 3.16. The zero-order chi connectivity index (χ0) is 16.7. The molecule has 2 heterocycles. The van der Waals surface area contributed by atoms with Gasteiger partial charge in [-0.3, -0.25) is 9.59 Å². The largest absolute Gasteiger partial charge is 0.369 e. The van der Waals surface area contributed by atoms with Crippen LogP contribution >= 0.6 is 0 Å². The third-order valence-electron chi connectivity index (χ3n) is 3.96. The van der Waals surface area contributed by atoms with Gasteiger partial charge in [-0.05, 0) is 18.2 Å². The number of carbonyl (C=O) groups excluding carboxylic acids is 1. The van der Waals surface area contributed by atoms with E-state index >= 15 is 0 Å². The Labute approximate surface area is 136 Å². The topological polar surface area (TPSA) is 93.8 Å². The number of hydrogen-bond donors (Lipinski definition) is 2. The lowest BCUT2D eigenvalue weighted by atomic mass is 10.1. The molecule has 0 aliphatic heterocycles. The van der Waals surface area contributed by atoms with Crippen LogP contribution in [0.5, 0.6) is 0 Å². The van der Waals surface area contributed by atoms with Gasteiger partial charge in [0.15, 0.2) is 0 Å². The molecule has 24 heavy (non-hydrogen) atoms. The Morgan fingerprint density at radius 1 is 1.08 bits per heavy atom. The number of nitrogens with zero attached hydrogens (tertiary/aromatic N) is 2. The van der Waals surface area contributed by atoms with Crippen molar-refractivity contribution < 1.29 is 4.79 Å². The second-order valence-corrected chi connectivity index (χ2v) is 5.56. The predicted molar refractivity (Wildman–Crippen MR) is 92.1 cm³/mol. The van der Waals surface area contributed by atoms with E-state index in [1.54, 1.807) is 12.1 Å². The third kappa shape index (κ3) is 2.16. The number of nitrogens with one attached hydrogen (secondary N) is 1. The van der Waals surface area contributed by atoms with Crippen molar-refractivity contribution in [3.8, 4) is 5.69 Å². The molecule has 6 nitrogen and oxygen atoms in total. The smallest absolute Gasteiger partial charge is 0.295 e. The number of H-pyrrole nitrogens is 1. The number of primary amides is 1. The summed E-state index contributed by atoms with van der Waals surface area (Å²) in [5.41, 5.74) is 7.48. The van der Waals surface area contributed by atoms with Crippen LogP contribution in [0.4, 0.5) is 0 Å².